The maximum Gasteiger partial charge on any atom is 0.328 e. The summed E-state index contributed by atoms with van der Waals surface area (Å²) in [4.78, 5) is 24.3. The average molecular weight is 417 g/mol. The second-order valence-electron chi connectivity index (χ2n) is 5.87. The Labute approximate surface area is 163 Å². The number of carbonyl (C=O) groups excluding carboxylic acids is 2. The van der Waals surface area contributed by atoms with Crippen LogP contribution in [-0.4, -0.2) is 76.1 Å². The van der Waals surface area contributed by atoms with Crippen LogP contribution in [0.15, 0.2) is 29.2 Å². The van der Waals surface area contributed by atoms with E-state index in [0.29, 0.717) is 38.5 Å². The zero-order valence-electron chi connectivity index (χ0n) is 15.3. The van der Waals surface area contributed by atoms with Crippen LogP contribution >= 0.6 is 11.8 Å². The number of nitrogens with zero attached hydrogens (tertiary/aromatic N) is 1. The molecule has 0 saturated carbocycles. The van der Waals surface area contributed by atoms with Crippen LogP contribution in [0.3, 0.4) is 0 Å². The summed E-state index contributed by atoms with van der Waals surface area (Å²) in [6.45, 7) is 1.34. The van der Waals surface area contributed by atoms with E-state index in [0.717, 1.165) is 0 Å². The van der Waals surface area contributed by atoms with Gasteiger partial charge in [0.2, 0.25) is 10.0 Å². The van der Waals surface area contributed by atoms with E-state index < -0.39 is 27.9 Å². The maximum atomic E-state index is 12.6. The second-order valence-corrected chi connectivity index (χ2v) is 8.80. The molecule has 1 atom stereocenters. The largest absolute Gasteiger partial charge is 0.467 e. The summed E-state index contributed by atoms with van der Waals surface area (Å²) in [5.74, 6) is -0.276. The molecule has 0 unspecified atom stereocenters. The number of nitrogens with one attached hydrogen (secondary N) is 1. The number of rotatable bonds is 8. The number of esters is 1. The molecule has 1 amide bonds. The molecule has 2 rings (SSSR count). The number of hydrogen-bond donors (Lipinski definition) is 1. The molecule has 1 heterocycles. The summed E-state index contributed by atoms with van der Waals surface area (Å²) in [7, 11) is -2.34. The fourth-order valence-electron chi connectivity index (χ4n) is 2.58. The normalized spacial score (nSPS) is 16.5. The lowest BCUT2D eigenvalue weighted by atomic mass is 10.1. The van der Waals surface area contributed by atoms with Crippen LogP contribution in [0.1, 0.15) is 16.8 Å². The first-order chi connectivity index (χ1) is 12.9. The number of morpholine rings is 1. The highest BCUT2D eigenvalue weighted by Gasteiger charge is 2.27. The van der Waals surface area contributed by atoms with E-state index in [1.54, 1.807) is 11.8 Å². The number of hydrogen-bond acceptors (Lipinski definition) is 7. The van der Waals surface area contributed by atoms with Crippen molar-refractivity contribution in [2.45, 2.75) is 17.4 Å². The topological polar surface area (TPSA) is 102 Å². The maximum absolute atomic E-state index is 12.6. The van der Waals surface area contributed by atoms with Gasteiger partial charge in [-0.1, -0.05) is 0 Å². The van der Waals surface area contributed by atoms with Gasteiger partial charge in [0.25, 0.3) is 5.91 Å². The minimum Gasteiger partial charge on any atom is -0.467 e. The van der Waals surface area contributed by atoms with E-state index in [-0.39, 0.29) is 10.5 Å². The number of methoxy groups -OCH3 is 1. The van der Waals surface area contributed by atoms with Crippen LogP contribution in [0.2, 0.25) is 0 Å². The van der Waals surface area contributed by atoms with Gasteiger partial charge >= 0.3 is 5.97 Å². The van der Waals surface area contributed by atoms with Gasteiger partial charge < -0.3 is 14.8 Å². The first-order valence-electron chi connectivity index (χ1n) is 8.45. The van der Waals surface area contributed by atoms with E-state index in [9.17, 15) is 18.0 Å². The lowest BCUT2D eigenvalue weighted by molar-refractivity contribution is -0.142. The third-order valence-corrected chi connectivity index (χ3v) is 6.68. The van der Waals surface area contributed by atoms with Crippen molar-refractivity contribution in [3.63, 3.8) is 0 Å². The summed E-state index contributed by atoms with van der Waals surface area (Å²) in [5, 5.41) is 2.64. The van der Waals surface area contributed by atoms with Crippen molar-refractivity contribution in [3.8, 4) is 0 Å². The van der Waals surface area contributed by atoms with Crippen LogP contribution < -0.4 is 5.32 Å². The Morgan fingerprint density at radius 2 is 1.89 bits per heavy atom. The van der Waals surface area contributed by atoms with Crippen molar-refractivity contribution in [1.29, 1.82) is 0 Å². The van der Waals surface area contributed by atoms with Gasteiger partial charge in [-0.15, -0.1) is 0 Å². The average Bonchev–Trinajstić information content (AvgIpc) is 2.71. The lowest BCUT2D eigenvalue weighted by Gasteiger charge is -2.26. The van der Waals surface area contributed by atoms with Crippen molar-refractivity contribution < 1.29 is 27.5 Å². The fourth-order valence-corrected chi connectivity index (χ4v) is 4.46. The van der Waals surface area contributed by atoms with Crippen molar-refractivity contribution in [1.82, 2.24) is 9.62 Å². The van der Waals surface area contributed by atoms with Gasteiger partial charge in [-0.25, -0.2) is 13.2 Å². The van der Waals surface area contributed by atoms with Gasteiger partial charge in [0.15, 0.2) is 0 Å². The minimum absolute atomic E-state index is 0.118. The smallest absolute Gasteiger partial charge is 0.328 e. The summed E-state index contributed by atoms with van der Waals surface area (Å²) < 4.78 is 36.5. The number of benzene rings is 1. The molecule has 1 fully saturated rings. The molecule has 1 aromatic carbocycles. The Kier molecular flexibility index (Phi) is 8.08. The molecule has 0 bridgehead atoms. The highest BCUT2D eigenvalue weighted by atomic mass is 32.2. The van der Waals surface area contributed by atoms with Gasteiger partial charge in [0, 0.05) is 18.7 Å². The van der Waals surface area contributed by atoms with E-state index in [2.05, 4.69) is 5.32 Å². The molecular weight excluding hydrogens is 392 g/mol. The van der Waals surface area contributed by atoms with Crippen molar-refractivity contribution in [2.24, 2.45) is 0 Å². The molecule has 8 nitrogen and oxygen atoms in total. The van der Waals surface area contributed by atoms with Gasteiger partial charge in [0.1, 0.15) is 6.04 Å². The Balaban J connectivity index is 2.08. The summed E-state index contributed by atoms with van der Waals surface area (Å²) in [6, 6.07) is 4.92. The first-order valence-corrected chi connectivity index (χ1v) is 11.3. The van der Waals surface area contributed by atoms with Crippen molar-refractivity contribution in [3.05, 3.63) is 29.8 Å². The summed E-state index contributed by atoms with van der Waals surface area (Å²) in [5.41, 5.74) is 0.272. The van der Waals surface area contributed by atoms with Crippen LogP contribution in [0.5, 0.6) is 0 Å². The molecule has 1 aromatic rings. The summed E-state index contributed by atoms with van der Waals surface area (Å²) >= 11 is 1.56. The van der Waals surface area contributed by atoms with Gasteiger partial charge in [-0.05, 0) is 42.7 Å². The van der Waals surface area contributed by atoms with Gasteiger partial charge in [-0.3, -0.25) is 4.79 Å². The van der Waals surface area contributed by atoms with Gasteiger partial charge in [-0.2, -0.15) is 16.1 Å². The standard InChI is InChI=1S/C17H24N2O6S2/c1-24-17(21)15(7-12-26-2)18-16(20)13-3-5-14(6-4-13)27(22,23)19-8-10-25-11-9-19/h3-6,15H,7-12H2,1-2H3,(H,18,20)/t15-/m0/s1. The summed E-state index contributed by atoms with van der Waals surface area (Å²) in [6.07, 6.45) is 2.35. The highest BCUT2D eigenvalue weighted by Crippen LogP contribution is 2.18. The number of thioether (sulfide) groups is 1. The molecule has 1 aliphatic rings. The molecule has 0 aliphatic carbocycles. The number of ether oxygens (including phenoxy) is 2. The van der Waals surface area contributed by atoms with Crippen LogP contribution in [0.25, 0.3) is 0 Å². The second kappa shape index (κ2) is 10.1. The van der Waals surface area contributed by atoms with Crippen LogP contribution in [0.4, 0.5) is 0 Å². The van der Waals surface area contributed by atoms with Crippen molar-refractivity contribution >= 4 is 33.7 Å². The Morgan fingerprint density at radius 3 is 2.44 bits per heavy atom. The molecule has 0 aromatic heterocycles. The van der Waals surface area contributed by atoms with E-state index in [1.165, 1.54) is 35.7 Å². The zero-order valence-corrected chi connectivity index (χ0v) is 17.0. The number of sulfonamides is 1. The minimum atomic E-state index is -3.61. The molecule has 1 aliphatic heterocycles. The molecule has 1 N–H and O–H groups in total. The molecule has 27 heavy (non-hydrogen) atoms. The Morgan fingerprint density at radius 1 is 1.26 bits per heavy atom. The lowest BCUT2D eigenvalue weighted by Crippen LogP contribution is -2.42. The third-order valence-electron chi connectivity index (χ3n) is 4.13. The first kappa shape index (κ1) is 21.7. The van der Waals surface area contributed by atoms with E-state index >= 15 is 0 Å². The Bertz CT molecular complexity index is 745. The molecule has 0 spiro atoms. The Hall–Kier alpha value is -1.62. The van der Waals surface area contributed by atoms with E-state index in [1.807, 2.05) is 6.26 Å². The third kappa shape index (κ3) is 5.68. The van der Waals surface area contributed by atoms with Crippen molar-refractivity contribution in [2.75, 3.05) is 45.4 Å². The van der Waals surface area contributed by atoms with Crippen LogP contribution in [0, 0.1) is 0 Å². The predicted octanol–water partition coefficient (Wildman–Crippen LogP) is 0.732. The SMILES string of the molecule is COC(=O)[C@H](CCSC)NC(=O)c1ccc(S(=O)(=O)N2CCOCC2)cc1. The number of carbonyl (C=O) groups is 2. The molecule has 0 radical (unpaired) electrons. The monoisotopic (exact) mass is 416 g/mol. The quantitative estimate of drug-likeness (QED) is 0.624. The molecule has 10 heteroatoms. The predicted molar refractivity (Wildman–Crippen MR) is 102 cm³/mol. The number of amides is 1. The zero-order chi connectivity index (χ0) is 19.9. The molecular formula is C17H24N2O6S2. The molecule has 150 valence electrons. The van der Waals surface area contributed by atoms with E-state index in [4.69, 9.17) is 9.47 Å². The molecule has 1 saturated heterocycles. The fraction of sp³-hybridized carbons (Fsp3) is 0.529. The van der Waals surface area contributed by atoms with Gasteiger partial charge in [0.05, 0.1) is 25.2 Å². The highest BCUT2D eigenvalue weighted by molar-refractivity contribution is 7.98. The van der Waals surface area contributed by atoms with Crippen LogP contribution in [-0.2, 0) is 24.3 Å².